The first kappa shape index (κ1) is 13.2. The molecule has 1 aromatic carbocycles. The molecule has 20 heavy (non-hydrogen) atoms. The number of carbonyl (C=O) groups excluding carboxylic acids is 1. The van der Waals surface area contributed by atoms with Crippen LogP contribution in [0.3, 0.4) is 0 Å². The topological polar surface area (TPSA) is 50.8 Å². The van der Waals surface area contributed by atoms with Crippen molar-refractivity contribution in [3.8, 4) is 5.75 Å². The van der Waals surface area contributed by atoms with E-state index in [0.29, 0.717) is 6.54 Å². The van der Waals surface area contributed by atoms with E-state index < -0.39 is 0 Å². The quantitative estimate of drug-likeness (QED) is 0.899. The van der Waals surface area contributed by atoms with Crippen LogP contribution < -0.4 is 15.0 Å². The summed E-state index contributed by atoms with van der Waals surface area (Å²) in [6, 6.07) is 7.52. The van der Waals surface area contributed by atoms with Crippen LogP contribution in [0, 0.1) is 0 Å². The molecule has 2 aliphatic heterocycles. The van der Waals surface area contributed by atoms with Gasteiger partial charge in [0.05, 0.1) is 13.7 Å². The van der Waals surface area contributed by atoms with Gasteiger partial charge >= 0.3 is 6.09 Å². The minimum atomic E-state index is -0.319. The van der Waals surface area contributed by atoms with Gasteiger partial charge in [0.1, 0.15) is 11.4 Å². The molecule has 1 aromatic rings. The summed E-state index contributed by atoms with van der Waals surface area (Å²) >= 11 is 0. The molecule has 5 heteroatoms. The zero-order valence-corrected chi connectivity index (χ0v) is 11.7. The first-order valence-corrected chi connectivity index (χ1v) is 7.08. The molecule has 0 radical (unpaired) electrons. The Morgan fingerprint density at radius 3 is 2.80 bits per heavy atom. The second-order valence-corrected chi connectivity index (χ2v) is 5.44. The van der Waals surface area contributed by atoms with Crippen LogP contribution in [0.15, 0.2) is 24.3 Å². The van der Waals surface area contributed by atoms with Crippen molar-refractivity contribution in [2.75, 3.05) is 31.6 Å². The summed E-state index contributed by atoms with van der Waals surface area (Å²) < 4.78 is 10.9. The third-order valence-corrected chi connectivity index (χ3v) is 4.10. The molecule has 3 rings (SSSR count). The number of rotatable bonds is 2. The molecule has 0 aromatic heterocycles. The van der Waals surface area contributed by atoms with E-state index in [-0.39, 0.29) is 11.7 Å². The maximum atomic E-state index is 12.2. The van der Waals surface area contributed by atoms with E-state index in [4.69, 9.17) is 9.47 Å². The van der Waals surface area contributed by atoms with E-state index in [0.717, 1.165) is 43.8 Å². The lowest BCUT2D eigenvalue weighted by Crippen LogP contribution is -2.35. The lowest BCUT2D eigenvalue weighted by atomic mass is 9.95. The average Bonchev–Trinajstić information content (AvgIpc) is 2.64. The molecule has 0 aliphatic carbocycles. The van der Waals surface area contributed by atoms with Crippen molar-refractivity contribution in [2.24, 2.45) is 0 Å². The summed E-state index contributed by atoms with van der Waals surface area (Å²) in [4.78, 5) is 13.9. The van der Waals surface area contributed by atoms with Crippen LogP contribution in [0.25, 0.3) is 0 Å². The maximum Gasteiger partial charge on any atom is 0.415 e. The first-order chi connectivity index (χ1) is 9.72. The lowest BCUT2D eigenvalue weighted by Gasteiger charge is -2.24. The van der Waals surface area contributed by atoms with Crippen molar-refractivity contribution in [1.82, 2.24) is 5.32 Å². The zero-order valence-electron chi connectivity index (χ0n) is 11.7. The predicted molar refractivity (Wildman–Crippen MR) is 76.3 cm³/mol. The molecule has 1 unspecified atom stereocenters. The molecule has 1 spiro atoms. The number of anilines is 1. The van der Waals surface area contributed by atoms with Gasteiger partial charge in [-0.3, -0.25) is 4.90 Å². The van der Waals surface area contributed by atoms with Gasteiger partial charge in [-0.25, -0.2) is 4.79 Å². The van der Waals surface area contributed by atoms with E-state index in [9.17, 15) is 4.79 Å². The van der Waals surface area contributed by atoms with E-state index in [1.165, 1.54) is 0 Å². The summed E-state index contributed by atoms with van der Waals surface area (Å²) in [5.74, 6) is 0.787. The normalized spacial score (nSPS) is 26.4. The number of methoxy groups -OCH3 is 1. The second-order valence-electron chi connectivity index (χ2n) is 5.44. The van der Waals surface area contributed by atoms with Crippen molar-refractivity contribution in [3.63, 3.8) is 0 Å². The van der Waals surface area contributed by atoms with Gasteiger partial charge in [0.15, 0.2) is 0 Å². The SMILES string of the molecule is COc1ccc(N2CC3(CCCNCC3)OC2=O)cc1. The number of hydrogen-bond acceptors (Lipinski definition) is 4. The fourth-order valence-electron chi connectivity index (χ4n) is 2.95. The third-order valence-electron chi connectivity index (χ3n) is 4.10. The Bertz CT molecular complexity index is 478. The second kappa shape index (κ2) is 5.32. The molecule has 2 heterocycles. The van der Waals surface area contributed by atoms with Gasteiger partial charge in [-0.2, -0.15) is 0 Å². The molecule has 108 valence electrons. The number of hydrogen-bond donors (Lipinski definition) is 1. The standard InChI is InChI=1S/C15H20N2O3/c1-19-13-5-3-12(4-6-13)17-11-15(20-14(17)18)7-2-9-16-10-8-15/h3-6,16H,2,7-11H2,1H3. The van der Waals surface area contributed by atoms with Crippen LogP contribution in [0.2, 0.25) is 0 Å². The van der Waals surface area contributed by atoms with Gasteiger partial charge in [-0.15, -0.1) is 0 Å². The highest BCUT2D eigenvalue weighted by Gasteiger charge is 2.45. The van der Waals surface area contributed by atoms with Crippen molar-refractivity contribution in [1.29, 1.82) is 0 Å². The number of benzene rings is 1. The minimum Gasteiger partial charge on any atom is -0.497 e. The van der Waals surface area contributed by atoms with Crippen LogP contribution in [0.4, 0.5) is 10.5 Å². The number of nitrogens with one attached hydrogen (secondary N) is 1. The molecular weight excluding hydrogens is 256 g/mol. The molecular formula is C15H20N2O3. The molecule has 2 saturated heterocycles. The van der Waals surface area contributed by atoms with Crippen LogP contribution in [0.1, 0.15) is 19.3 Å². The Kier molecular flexibility index (Phi) is 3.53. The fourth-order valence-corrected chi connectivity index (χ4v) is 2.95. The Balaban J connectivity index is 1.78. The van der Waals surface area contributed by atoms with Gasteiger partial charge in [-0.05, 0) is 50.2 Å². The van der Waals surface area contributed by atoms with Crippen molar-refractivity contribution >= 4 is 11.8 Å². The summed E-state index contributed by atoms with van der Waals surface area (Å²) in [6.07, 6.45) is 2.62. The van der Waals surface area contributed by atoms with Gasteiger partial charge in [0.25, 0.3) is 0 Å². The summed E-state index contributed by atoms with van der Waals surface area (Å²) in [5, 5.41) is 3.36. The molecule has 0 saturated carbocycles. The van der Waals surface area contributed by atoms with Crippen LogP contribution in [-0.2, 0) is 4.74 Å². The van der Waals surface area contributed by atoms with Crippen molar-refractivity contribution in [2.45, 2.75) is 24.9 Å². The average molecular weight is 276 g/mol. The minimum absolute atomic E-state index is 0.239. The number of carbonyl (C=O) groups is 1. The van der Waals surface area contributed by atoms with E-state index in [2.05, 4.69) is 5.32 Å². The Morgan fingerprint density at radius 2 is 2.05 bits per heavy atom. The maximum absolute atomic E-state index is 12.2. The predicted octanol–water partition coefficient (Wildman–Crippen LogP) is 2.16. The van der Waals surface area contributed by atoms with Gasteiger partial charge in [0, 0.05) is 12.1 Å². The van der Waals surface area contributed by atoms with E-state index in [1.54, 1.807) is 12.0 Å². The Morgan fingerprint density at radius 1 is 1.25 bits per heavy atom. The fraction of sp³-hybridized carbons (Fsp3) is 0.533. The molecule has 2 fully saturated rings. The monoisotopic (exact) mass is 276 g/mol. The molecule has 2 aliphatic rings. The molecule has 1 amide bonds. The van der Waals surface area contributed by atoms with Crippen LogP contribution in [-0.4, -0.2) is 38.4 Å². The molecule has 1 atom stereocenters. The van der Waals surface area contributed by atoms with E-state index in [1.807, 2.05) is 24.3 Å². The highest BCUT2D eigenvalue weighted by atomic mass is 16.6. The summed E-state index contributed by atoms with van der Waals surface area (Å²) in [7, 11) is 1.63. The Labute approximate surface area is 118 Å². The summed E-state index contributed by atoms with van der Waals surface area (Å²) in [6.45, 7) is 2.55. The highest BCUT2D eigenvalue weighted by Crippen LogP contribution is 2.35. The van der Waals surface area contributed by atoms with Gasteiger partial charge in [0.2, 0.25) is 0 Å². The van der Waals surface area contributed by atoms with Gasteiger partial charge < -0.3 is 14.8 Å². The van der Waals surface area contributed by atoms with E-state index >= 15 is 0 Å². The van der Waals surface area contributed by atoms with Crippen LogP contribution in [0.5, 0.6) is 5.75 Å². The molecule has 1 N–H and O–H groups in total. The zero-order chi connectivity index (χ0) is 14.0. The lowest BCUT2D eigenvalue weighted by molar-refractivity contribution is 0.0470. The highest BCUT2D eigenvalue weighted by molar-refractivity contribution is 5.90. The molecule has 0 bridgehead atoms. The largest absolute Gasteiger partial charge is 0.497 e. The van der Waals surface area contributed by atoms with Crippen molar-refractivity contribution < 1.29 is 14.3 Å². The smallest absolute Gasteiger partial charge is 0.415 e. The third kappa shape index (κ3) is 2.45. The Hall–Kier alpha value is -1.75. The van der Waals surface area contributed by atoms with Crippen LogP contribution >= 0.6 is 0 Å². The number of amides is 1. The first-order valence-electron chi connectivity index (χ1n) is 7.08. The van der Waals surface area contributed by atoms with Crippen molar-refractivity contribution in [3.05, 3.63) is 24.3 Å². The summed E-state index contributed by atoms with van der Waals surface area (Å²) in [5.41, 5.74) is 0.547. The number of nitrogens with zero attached hydrogens (tertiary/aromatic N) is 1. The molecule has 5 nitrogen and oxygen atoms in total. The van der Waals surface area contributed by atoms with Gasteiger partial charge in [-0.1, -0.05) is 0 Å². The number of ether oxygens (including phenoxy) is 2.